The molecule has 100 valence electrons. The maximum absolute atomic E-state index is 12.2. The van der Waals surface area contributed by atoms with Crippen LogP contribution in [0.3, 0.4) is 0 Å². The first-order valence-electron chi connectivity index (χ1n) is 5.69. The summed E-state index contributed by atoms with van der Waals surface area (Å²) in [5, 5.41) is 8.74. The molecule has 0 atom stereocenters. The van der Waals surface area contributed by atoms with Crippen molar-refractivity contribution in [3.05, 3.63) is 30.1 Å². The van der Waals surface area contributed by atoms with Gasteiger partial charge in [-0.3, -0.25) is 9.78 Å². The molecule has 1 aromatic rings. The minimum Gasteiger partial charge on any atom is -0.395 e. The van der Waals surface area contributed by atoms with Crippen LogP contribution >= 0.6 is 0 Å². The van der Waals surface area contributed by atoms with Crippen LogP contribution in [0, 0.1) is 0 Å². The van der Waals surface area contributed by atoms with Gasteiger partial charge in [0.25, 0.3) is 6.43 Å². The van der Waals surface area contributed by atoms with E-state index < -0.39 is 13.0 Å². The molecule has 4 nitrogen and oxygen atoms in total. The van der Waals surface area contributed by atoms with Crippen LogP contribution in [0.1, 0.15) is 12.0 Å². The number of hydrogen-bond acceptors (Lipinski definition) is 3. The third-order valence-electron chi connectivity index (χ3n) is 2.46. The Bertz CT molecular complexity index is 360. The average molecular weight is 258 g/mol. The third kappa shape index (κ3) is 5.18. The van der Waals surface area contributed by atoms with Gasteiger partial charge in [0.2, 0.25) is 5.91 Å². The van der Waals surface area contributed by atoms with Gasteiger partial charge in [-0.1, -0.05) is 0 Å². The third-order valence-corrected chi connectivity index (χ3v) is 2.46. The number of amides is 1. The molecule has 0 saturated carbocycles. The monoisotopic (exact) mass is 258 g/mol. The van der Waals surface area contributed by atoms with Crippen LogP contribution in [-0.4, -0.2) is 47.0 Å². The number of carbonyl (C=O) groups excluding carboxylic acids is 1. The lowest BCUT2D eigenvalue weighted by molar-refractivity contribution is -0.133. The molecule has 0 aliphatic rings. The van der Waals surface area contributed by atoms with Crippen molar-refractivity contribution in [2.45, 2.75) is 19.3 Å². The Morgan fingerprint density at radius 2 is 2.06 bits per heavy atom. The molecule has 0 radical (unpaired) electrons. The summed E-state index contributed by atoms with van der Waals surface area (Å²) in [6.45, 7) is -0.997. The SMILES string of the molecule is O=C(CCc1ccncc1)N(CCO)CC(F)F. The number of halogens is 2. The van der Waals surface area contributed by atoms with E-state index in [1.54, 1.807) is 24.5 Å². The molecule has 0 aliphatic heterocycles. The fourth-order valence-corrected chi connectivity index (χ4v) is 1.56. The zero-order valence-corrected chi connectivity index (χ0v) is 9.93. The van der Waals surface area contributed by atoms with Crippen molar-refractivity contribution in [2.24, 2.45) is 0 Å². The van der Waals surface area contributed by atoms with Crippen LogP contribution in [0.4, 0.5) is 8.78 Å². The summed E-state index contributed by atoms with van der Waals surface area (Å²) >= 11 is 0. The van der Waals surface area contributed by atoms with Gasteiger partial charge in [-0.05, 0) is 24.1 Å². The second kappa shape index (κ2) is 7.71. The Hall–Kier alpha value is -1.56. The molecule has 6 heteroatoms. The minimum absolute atomic E-state index is 0.0560. The number of aromatic nitrogens is 1. The predicted octanol–water partition coefficient (Wildman–Crippen LogP) is 1.10. The second-order valence-electron chi connectivity index (χ2n) is 3.81. The van der Waals surface area contributed by atoms with Crippen molar-refractivity contribution < 1.29 is 18.7 Å². The largest absolute Gasteiger partial charge is 0.395 e. The molecule has 1 N–H and O–H groups in total. The highest BCUT2D eigenvalue weighted by Crippen LogP contribution is 2.05. The lowest BCUT2D eigenvalue weighted by Crippen LogP contribution is -2.37. The van der Waals surface area contributed by atoms with Crippen molar-refractivity contribution in [2.75, 3.05) is 19.7 Å². The minimum atomic E-state index is -2.58. The van der Waals surface area contributed by atoms with Crippen LogP contribution in [0.25, 0.3) is 0 Å². The van der Waals surface area contributed by atoms with E-state index in [-0.39, 0.29) is 25.5 Å². The van der Waals surface area contributed by atoms with Gasteiger partial charge in [-0.15, -0.1) is 0 Å². The van der Waals surface area contributed by atoms with Crippen LogP contribution in [-0.2, 0) is 11.2 Å². The molecule has 0 spiro atoms. The molecule has 1 heterocycles. The van der Waals surface area contributed by atoms with Gasteiger partial charge in [-0.25, -0.2) is 8.78 Å². The van der Waals surface area contributed by atoms with Crippen LogP contribution < -0.4 is 0 Å². The average Bonchev–Trinajstić information content (AvgIpc) is 2.36. The first kappa shape index (κ1) is 14.5. The number of aliphatic hydroxyl groups excluding tert-OH is 1. The number of hydrogen-bond donors (Lipinski definition) is 1. The first-order valence-corrected chi connectivity index (χ1v) is 5.69. The Morgan fingerprint density at radius 3 is 2.61 bits per heavy atom. The van der Waals surface area contributed by atoms with E-state index in [4.69, 9.17) is 5.11 Å². The second-order valence-corrected chi connectivity index (χ2v) is 3.81. The van der Waals surface area contributed by atoms with E-state index in [0.29, 0.717) is 6.42 Å². The summed E-state index contributed by atoms with van der Waals surface area (Å²) in [5.41, 5.74) is 0.930. The van der Waals surface area contributed by atoms with Crippen molar-refractivity contribution in [3.63, 3.8) is 0 Å². The smallest absolute Gasteiger partial charge is 0.255 e. The number of nitrogens with zero attached hydrogens (tertiary/aromatic N) is 2. The maximum Gasteiger partial charge on any atom is 0.255 e. The molecule has 0 unspecified atom stereocenters. The zero-order chi connectivity index (χ0) is 13.4. The van der Waals surface area contributed by atoms with Gasteiger partial charge in [0.05, 0.1) is 13.2 Å². The van der Waals surface area contributed by atoms with Gasteiger partial charge in [0.15, 0.2) is 0 Å². The van der Waals surface area contributed by atoms with Crippen molar-refractivity contribution in [3.8, 4) is 0 Å². The van der Waals surface area contributed by atoms with Crippen LogP contribution in [0.2, 0.25) is 0 Å². The molecule has 18 heavy (non-hydrogen) atoms. The molecular formula is C12H16F2N2O2. The van der Waals surface area contributed by atoms with E-state index in [1.165, 1.54) is 0 Å². The van der Waals surface area contributed by atoms with E-state index in [0.717, 1.165) is 10.5 Å². The standard InChI is InChI=1S/C12H16F2N2O2/c13-11(14)9-16(7-8-17)12(18)2-1-10-3-5-15-6-4-10/h3-6,11,17H,1-2,7-9H2. The summed E-state index contributed by atoms with van der Waals surface area (Å²) in [7, 11) is 0. The fraction of sp³-hybridized carbons (Fsp3) is 0.500. The van der Waals surface area contributed by atoms with Gasteiger partial charge in [0, 0.05) is 25.4 Å². The molecule has 0 aromatic carbocycles. The zero-order valence-electron chi connectivity index (χ0n) is 9.93. The van der Waals surface area contributed by atoms with E-state index >= 15 is 0 Å². The van der Waals surface area contributed by atoms with Gasteiger partial charge in [0.1, 0.15) is 0 Å². The molecule has 0 bridgehead atoms. The van der Waals surface area contributed by atoms with E-state index in [2.05, 4.69) is 4.98 Å². The highest BCUT2D eigenvalue weighted by atomic mass is 19.3. The summed E-state index contributed by atoms with van der Waals surface area (Å²) in [6, 6.07) is 3.55. The normalized spacial score (nSPS) is 10.7. The maximum atomic E-state index is 12.2. The number of pyridine rings is 1. The lowest BCUT2D eigenvalue weighted by atomic mass is 10.1. The van der Waals surface area contributed by atoms with Gasteiger partial charge >= 0.3 is 0 Å². The Morgan fingerprint density at radius 1 is 1.39 bits per heavy atom. The van der Waals surface area contributed by atoms with E-state index in [1.807, 2.05) is 0 Å². The lowest BCUT2D eigenvalue weighted by Gasteiger charge is -2.21. The number of alkyl halides is 2. The molecular weight excluding hydrogens is 242 g/mol. The van der Waals surface area contributed by atoms with Gasteiger partial charge in [-0.2, -0.15) is 0 Å². The van der Waals surface area contributed by atoms with Gasteiger partial charge < -0.3 is 10.0 Å². The summed E-state index contributed by atoms with van der Waals surface area (Å²) in [6.07, 6.45) is 1.28. The van der Waals surface area contributed by atoms with Crippen LogP contribution in [0.5, 0.6) is 0 Å². The molecule has 1 rings (SSSR count). The summed E-state index contributed by atoms with van der Waals surface area (Å²) in [4.78, 5) is 16.5. The molecule has 0 saturated heterocycles. The number of carbonyl (C=O) groups is 1. The summed E-state index contributed by atoms with van der Waals surface area (Å²) < 4.78 is 24.5. The molecule has 1 aromatic heterocycles. The quantitative estimate of drug-likeness (QED) is 0.796. The van der Waals surface area contributed by atoms with Crippen molar-refractivity contribution >= 4 is 5.91 Å². The van der Waals surface area contributed by atoms with Crippen molar-refractivity contribution in [1.29, 1.82) is 0 Å². The summed E-state index contributed by atoms with van der Waals surface area (Å²) in [5.74, 6) is -0.374. The topological polar surface area (TPSA) is 53.4 Å². The number of aryl methyl sites for hydroxylation is 1. The molecule has 0 aliphatic carbocycles. The van der Waals surface area contributed by atoms with Crippen molar-refractivity contribution in [1.82, 2.24) is 9.88 Å². The predicted molar refractivity (Wildman–Crippen MR) is 62.2 cm³/mol. The first-order chi connectivity index (χ1) is 8.63. The number of aliphatic hydroxyl groups is 1. The highest BCUT2D eigenvalue weighted by molar-refractivity contribution is 5.76. The Kier molecular flexibility index (Phi) is 6.21. The van der Waals surface area contributed by atoms with E-state index in [9.17, 15) is 13.6 Å². The Labute approximate surface area is 104 Å². The Balaban J connectivity index is 2.46. The molecule has 1 amide bonds. The fourth-order valence-electron chi connectivity index (χ4n) is 1.56. The number of rotatable bonds is 7. The molecule has 0 fully saturated rings. The highest BCUT2D eigenvalue weighted by Gasteiger charge is 2.17. The van der Waals surface area contributed by atoms with Crippen LogP contribution in [0.15, 0.2) is 24.5 Å².